The fourth-order valence-electron chi connectivity index (χ4n) is 3.79. The van der Waals surface area contributed by atoms with Gasteiger partial charge in [0, 0.05) is 37.7 Å². The number of hydrogen-bond acceptors (Lipinski definition) is 3. The Balaban J connectivity index is 0.000000260. The molecule has 1 atom stereocenters. The van der Waals surface area contributed by atoms with Gasteiger partial charge in [-0.3, -0.25) is 0 Å². The number of allylic oxidation sites excluding steroid dienone is 1. The van der Waals surface area contributed by atoms with Crippen LogP contribution in [0.5, 0.6) is 0 Å². The first kappa shape index (κ1) is 19.9. The van der Waals surface area contributed by atoms with Gasteiger partial charge in [0.1, 0.15) is 0 Å². The van der Waals surface area contributed by atoms with Gasteiger partial charge in [-0.15, -0.1) is 0 Å². The Morgan fingerprint density at radius 3 is 2.38 bits per heavy atom. The third-order valence-electron chi connectivity index (χ3n) is 4.77. The summed E-state index contributed by atoms with van der Waals surface area (Å²) in [7, 11) is 0. The number of benzene rings is 1. The van der Waals surface area contributed by atoms with Crippen molar-refractivity contribution in [1.29, 1.82) is 0 Å². The zero-order valence-corrected chi connectivity index (χ0v) is 15.6. The number of rotatable bonds is 4. The summed E-state index contributed by atoms with van der Waals surface area (Å²) in [5.41, 5.74) is 6.33. The summed E-state index contributed by atoms with van der Waals surface area (Å²) in [6.45, 7) is 10.7. The number of fused-ring (bicyclic) bond motifs is 3. The van der Waals surface area contributed by atoms with E-state index in [1.54, 1.807) is 16.7 Å². The van der Waals surface area contributed by atoms with Gasteiger partial charge >= 0.3 is 11.9 Å². The van der Waals surface area contributed by atoms with Crippen LogP contribution in [0.3, 0.4) is 0 Å². The first-order valence-electron chi connectivity index (χ1n) is 8.94. The first-order chi connectivity index (χ1) is 12.3. The third-order valence-corrected chi connectivity index (χ3v) is 4.77. The molecule has 5 nitrogen and oxygen atoms in total. The van der Waals surface area contributed by atoms with Crippen LogP contribution in [0.2, 0.25) is 0 Å². The summed E-state index contributed by atoms with van der Waals surface area (Å²) >= 11 is 0. The van der Waals surface area contributed by atoms with Crippen molar-refractivity contribution in [2.75, 3.05) is 19.6 Å². The predicted octanol–water partition coefficient (Wildman–Crippen LogP) is 3.63. The standard InChI is InChI=1S/C17H23N.C4H4O4/c1-12(2)10-18-9-8-15-13(3)14-6-4-5-7-16(14)17(15)11-18;5-3(6)1-2-4(7)8/h4-7,12,17H,8-11H2,1-3H3;1-2H,(H,5,6)(H,7,8). The maximum Gasteiger partial charge on any atom is 0.328 e. The molecular formula is C21H27NO4. The van der Waals surface area contributed by atoms with Crippen molar-refractivity contribution in [2.24, 2.45) is 5.92 Å². The van der Waals surface area contributed by atoms with Gasteiger partial charge in [0.05, 0.1) is 0 Å². The number of hydrogen-bond donors (Lipinski definition) is 2. The van der Waals surface area contributed by atoms with E-state index in [1.165, 1.54) is 31.6 Å². The summed E-state index contributed by atoms with van der Waals surface area (Å²) in [6.07, 6.45) is 2.38. The zero-order valence-electron chi connectivity index (χ0n) is 15.6. The van der Waals surface area contributed by atoms with Crippen LogP contribution in [0, 0.1) is 5.92 Å². The van der Waals surface area contributed by atoms with Crippen molar-refractivity contribution in [1.82, 2.24) is 4.90 Å². The minimum absolute atomic E-state index is 0.558. The highest BCUT2D eigenvalue weighted by atomic mass is 16.4. The lowest BCUT2D eigenvalue weighted by Gasteiger charge is -2.34. The van der Waals surface area contributed by atoms with Gasteiger partial charge in [0.25, 0.3) is 0 Å². The van der Waals surface area contributed by atoms with E-state index in [4.69, 9.17) is 10.2 Å². The Morgan fingerprint density at radius 1 is 1.19 bits per heavy atom. The number of carboxylic acid groups (broad SMARTS) is 2. The largest absolute Gasteiger partial charge is 0.478 e. The molecule has 0 bridgehead atoms. The average Bonchev–Trinajstić information content (AvgIpc) is 2.86. The highest BCUT2D eigenvalue weighted by molar-refractivity contribution is 5.89. The van der Waals surface area contributed by atoms with Crippen LogP contribution in [-0.2, 0) is 9.59 Å². The smallest absolute Gasteiger partial charge is 0.328 e. The highest BCUT2D eigenvalue weighted by Crippen LogP contribution is 2.45. The SMILES string of the molecule is CC1=C2CCN(CC(C)C)CC2c2ccccc21.O=C(O)C=CC(=O)O. The Morgan fingerprint density at radius 2 is 1.81 bits per heavy atom. The molecule has 3 rings (SSSR count). The van der Waals surface area contributed by atoms with Crippen molar-refractivity contribution < 1.29 is 19.8 Å². The third kappa shape index (κ3) is 5.05. The summed E-state index contributed by atoms with van der Waals surface area (Å²) in [6, 6.07) is 8.99. The van der Waals surface area contributed by atoms with Crippen molar-refractivity contribution in [3.63, 3.8) is 0 Å². The number of piperidine rings is 1. The molecule has 2 N–H and O–H groups in total. The minimum Gasteiger partial charge on any atom is -0.478 e. The number of nitrogens with zero attached hydrogens (tertiary/aromatic N) is 1. The second-order valence-electron chi connectivity index (χ2n) is 7.20. The molecule has 1 aromatic carbocycles. The average molecular weight is 357 g/mol. The maximum absolute atomic E-state index is 9.55. The van der Waals surface area contributed by atoms with Crippen LogP contribution in [-0.4, -0.2) is 46.7 Å². The maximum atomic E-state index is 9.55. The second-order valence-corrected chi connectivity index (χ2v) is 7.20. The fourth-order valence-corrected chi connectivity index (χ4v) is 3.79. The van der Waals surface area contributed by atoms with E-state index in [0.29, 0.717) is 18.1 Å². The lowest BCUT2D eigenvalue weighted by atomic mass is 9.89. The Hall–Kier alpha value is -2.40. The van der Waals surface area contributed by atoms with E-state index in [-0.39, 0.29) is 0 Å². The number of carboxylic acids is 2. The Bertz CT molecular complexity index is 717. The molecule has 1 saturated heterocycles. The van der Waals surface area contributed by atoms with E-state index in [1.807, 2.05) is 0 Å². The molecule has 1 aliphatic carbocycles. The molecule has 0 aromatic heterocycles. The lowest BCUT2D eigenvalue weighted by molar-refractivity contribution is -0.134. The van der Waals surface area contributed by atoms with E-state index < -0.39 is 11.9 Å². The zero-order chi connectivity index (χ0) is 19.3. The molecule has 1 fully saturated rings. The number of likely N-dealkylation sites (tertiary alicyclic amines) is 1. The normalized spacial score (nSPS) is 19.2. The quantitative estimate of drug-likeness (QED) is 0.805. The van der Waals surface area contributed by atoms with Gasteiger partial charge in [0.15, 0.2) is 0 Å². The van der Waals surface area contributed by atoms with Crippen LogP contribution >= 0.6 is 0 Å². The van der Waals surface area contributed by atoms with Crippen molar-refractivity contribution in [3.8, 4) is 0 Å². The molecule has 1 aliphatic heterocycles. The lowest BCUT2D eigenvalue weighted by Crippen LogP contribution is -2.37. The second kappa shape index (κ2) is 8.81. The molecule has 0 amide bonds. The Labute approximate surface area is 154 Å². The first-order valence-corrected chi connectivity index (χ1v) is 8.94. The van der Waals surface area contributed by atoms with Crippen molar-refractivity contribution in [2.45, 2.75) is 33.1 Å². The fraction of sp³-hybridized carbons (Fsp3) is 0.429. The molecule has 5 heteroatoms. The van der Waals surface area contributed by atoms with Crippen LogP contribution in [0.4, 0.5) is 0 Å². The summed E-state index contributed by atoms with van der Waals surface area (Å²) in [5.74, 6) is -1.07. The van der Waals surface area contributed by atoms with Gasteiger partial charge in [0.2, 0.25) is 0 Å². The van der Waals surface area contributed by atoms with Crippen LogP contribution < -0.4 is 0 Å². The van der Waals surface area contributed by atoms with E-state index in [0.717, 1.165) is 5.92 Å². The van der Waals surface area contributed by atoms with E-state index in [9.17, 15) is 9.59 Å². The van der Waals surface area contributed by atoms with Gasteiger partial charge in [-0.05, 0) is 36.0 Å². The molecule has 0 saturated carbocycles. The molecule has 26 heavy (non-hydrogen) atoms. The number of aliphatic carboxylic acids is 2. The molecule has 0 radical (unpaired) electrons. The Kier molecular flexibility index (Phi) is 6.75. The molecule has 0 spiro atoms. The van der Waals surface area contributed by atoms with E-state index in [2.05, 4.69) is 49.9 Å². The van der Waals surface area contributed by atoms with Gasteiger partial charge < -0.3 is 15.1 Å². The number of carbonyl (C=O) groups is 2. The summed E-state index contributed by atoms with van der Waals surface area (Å²) < 4.78 is 0. The molecule has 2 aliphatic rings. The summed E-state index contributed by atoms with van der Waals surface area (Å²) in [5, 5.41) is 15.6. The van der Waals surface area contributed by atoms with Gasteiger partial charge in [-0.2, -0.15) is 0 Å². The molecular weight excluding hydrogens is 330 g/mol. The molecule has 1 heterocycles. The van der Waals surface area contributed by atoms with Gasteiger partial charge in [-0.1, -0.05) is 43.7 Å². The molecule has 1 unspecified atom stereocenters. The highest BCUT2D eigenvalue weighted by Gasteiger charge is 2.33. The van der Waals surface area contributed by atoms with Crippen LogP contribution in [0.15, 0.2) is 42.0 Å². The van der Waals surface area contributed by atoms with Gasteiger partial charge in [-0.25, -0.2) is 9.59 Å². The van der Waals surface area contributed by atoms with E-state index >= 15 is 0 Å². The topological polar surface area (TPSA) is 77.8 Å². The van der Waals surface area contributed by atoms with Crippen LogP contribution in [0.25, 0.3) is 5.57 Å². The molecule has 1 aromatic rings. The molecule has 140 valence electrons. The van der Waals surface area contributed by atoms with Crippen LogP contribution in [0.1, 0.15) is 44.2 Å². The summed E-state index contributed by atoms with van der Waals surface area (Å²) in [4.78, 5) is 21.8. The minimum atomic E-state index is -1.26. The van der Waals surface area contributed by atoms with Crippen molar-refractivity contribution in [3.05, 3.63) is 53.1 Å². The van der Waals surface area contributed by atoms with Crippen molar-refractivity contribution >= 4 is 17.5 Å². The predicted molar refractivity (Wildman–Crippen MR) is 102 cm³/mol. The monoisotopic (exact) mass is 357 g/mol.